The van der Waals surface area contributed by atoms with Crippen LogP contribution in [-0.4, -0.2) is 22.5 Å². The summed E-state index contributed by atoms with van der Waals surface area (Å²) >= 11 is 0. The van der Waals surface area contributed by atoms with Gasteiger partial charge in [-0.1, -0.05) is 13.0 Å². The van der Waals surface area contributed by atoms with Crippen LogP contribution in [0.5, 0.6) is 0 Å². The first-order valence-electron chi connectivity index (χ1n) is 5.85. The molecule has 1 aromatic rings. The lowest BCUT2D eigenvalue weighted by molar-refractivity contribution is 0.253. The number of aromatic nitrogens is 1. The molecule has 2 unspecified atom stereocenters. The van der Waals surface area contributed by atoms with Gasteiger partial charge < -0.3 is 5.43 Å². The molecule has 0 spiro atoms. The van der Waals surface area contributed by atoms with Crippen LogP contribution < -0.4 is 11.3 Å². The van der Waals surface area contributed by atoms with Crippen molar-refractivity contribution in [1.82, 2.24) is 9.88 Å². The molecule has 1 fully saturated rings. The summed E-state index contributed by atoms with van der Waals surface area (Å²) in [5.41, 5.74) is 3.66. The van der Waals surface area contributed by atoms with Gasteiger partial charge in [0.15, 0.2) is 0 Å². The van der Waals surface area contributed by atoms with Gasteiger partial charge in [0.25, 0.3) is 0 Å². The van der Waals surface area contributed by atoms with Gasteiger partial charge in [-0.2, -0.15) is 0 Å². The lowest BCUT2D eigenvalue weighted by Gasteiger charge is -2.20. The van der Waals surface area contributed by atoms with E-state index >= 15 is 0 Å². The molecule has 4 heteroatoms. The van der Waals surface area contributed by atoms with Crippen molar-refractivity contribution in [2.24, 2.45) is 11.8 Å². The maximum atomic E-state index is 5.35. The van der Waals surface area contributed by atoms with Gasteiger partial charge in [-0.3, -0.25) is 4.90 Å². The van der Waals surface area contributed by atoms with Gasteiger partial charge in [0.05, 0.1) is 5.69 Å². The van der Waals surface area contributed by atoms with E-state index in [0.717, 1.165) is 24.0 Å². The molecule has 2 rings (SSSR count). The van der Waals surface area contributed by atoms with Crippen molar-refractivity contribution in [1.29, 1.82) is 0 Å². The Kier molecular flexibility index (Phi) is 3.41. The number of nitrogens with zero attached hydrogens (tertiary/aromatic N) is 2. The van der Waals surface area contributed by atoms with E-state index in [-0.39, 0.29) is 0 Å². The van der Waals surface area contributed by atoms with E-state index < -0.39 is 0 Å². The molecule has 3 N–H and O–H groups in total. The summed E-state index contributed by atoms with van der Waals surface area (Å²) in [6.45, 7) is 6.68. The Morgan fingerprint density at radius 1 is 1.50 bits per heavy atom. The maximum Gasteiger partial charge on any atom is 0.140 e. The Hall–Kier alpha value is -1.13. The highest BCUT2D eigenvalue weighted by molar-refractivity contribution is 5.33. The molecule has 1 aliphatic heterocycles. The van der Waals surface area contributed by atoms with Crippen molar-refractivity contribution >= 4 is 5.82 Å². The highest BCUT2D eigenvalue weighted by Crippen LogP contribution is 2.23. The number of hydrogen-bond donors (Lipinski definition) is 2. The lowest BCUT2D eigenvalue weighted by atomic mass is 10.1. The predicted octanol–water partition coefficient (Wildman–Crippen LogP) is 1.60. The minimum absolute atomic E-state index is 0.659. The topological polar surface area (TPSA) is 54.2 Å². The second-order valence-electron chi connectivity index (χ2n) is 4.78. The minimum atomic E-state index is 0.659. The van der Waals surface area contributed by atoms with Crippen LogP contribution in [0.3, 0.4) is 0 Å². The number of hydrogen-bond acceptors (Lipinski definition) is 4. The Morgan fingerprint density at radius 2 is 2.31 bits per heavy atom. The number of anilines is 1. The Bertz CT molecular complexity index is 353. The highest BCUT2D eigenvalue weighted by atomic mass is 15.3. The summed E-state index contributed by atoms with van der Waals surface area (Å²) in [4.78, 5) is 6.92. The van der Waals surface area contributed by atoms with Crippen LogP contribution in [0.4, 0.5) is 5.82 Å². The SMILES string of the molecule is CC1CC(C)N(Cc2cccc(NN)n2)C1. The molecule has 0 radical (unpaired) electrons. The van der Waals surface area contributed by atoms with Gasteiger partial charge in [0, 0.05) is 19.1 Å². The van der Waals surface area contributed by atoms with Crippen molar-refractivity contribution in [2.45, 2.75) is 32.9 Å². The Labute approximate surface area is 96.8 Å². The van der Waals surface area contributed by atoms with Crippen molar-refractivity contribution in [3.8, 4) is 0 Å². The van der Waals surface area contributed by atoms with E-state index in [2.05, 4.69) is 35.2 Å². The second kappa shape index (κ2) is 4.80. The van der Waals surface area contributed by atoms with Crippen LogP contribution in [0.25, 0.3) is 0 Å². The first kappa shape index (κ1) is 11.4. The van der Waals surface area contributed by atoms with Gasteiger partial charge in [-0.25, -0.2) is 10.8 Å². The molecule has 0 amide bonds. The lowest BCUT2D eigenvalue weighted by Crippen LogP contribution is -2.27. The number of pyridine rings is 1. The number of nitrogens with two attached hydrogens (primary N) is 1. The highest BCUT2D eigenvalue weighted by Gasteiger charge is 2.25. The molecule has 1 aromatic heterocycles. The molecule has 1 saturated heterocycles. The van der Waals surface area contributed by atoms with E-state index in [0.29, 0.717) is 6.04 Å². The van der Waals surface area contributed by atoms with E-state index in [1.807, 2.05) is 12.1 Å². The summed E-state index contributed by atoms with van der Waals surface area (Å²) in [7, 11) is 0. The van der Waals surface area contributed by atoms with Gasteiger partial charge in [-0.15, -0.1) is 0 Å². The normalized spacial score (nSPS) is 25.9. The molecule has 0 aliphatic carbocycles. The van der Waals surface area contributed by atoms with E-state index in [9.17, 15) is 0 Å². The molecule has 0 aromatic carbocycles. The zero-order chi connectivity index (χ0) is 11.5. The fourth-order valence-electron chi connectivity index (χ4n) is 2.46. The number of nitrogen functional groups attached to an aromatic ring is 1. The largest absolute Gasteiger partial charge is 0.308 e. The molecule has 2 heterocycles. The molecular formula is C12H20N4. The molecule has 16 heavy (non-hydrogen) atoms. The Morgan fingerprint density at radius 3 is 2.94 bits per heavy atom. The Balaban J connectivity index is 2.03. The van der Waals surface area contributed by atoms with E-state index in [1.165, 1.54) is 13.0 Å². The van der Waals surface area contributed by atoms with Crippen LogP contribution in [0, 0.1) is 5.92 Å². The smallest absolute Gasteiger partial charge is 0.140 e. The second-order valence-corrected chi connectivity index (χ2v) is 4.78. The first-order valence-corrected chi connectivity index (χ1v) is 5.85. The minimum Gasteiger partial charge on any atom is -0.308 e. The molecule has 88 valence electrons. The van der Waals surface area contributed by atoms with E-state index in [1.54, 1.807) is 0 Å². The standard InChI is InChI=1S/C12H20N4/c1-9-6-10(2)16(7-9)8-11-4-3-5-12(14-11)15-13/h3-5,9-10H,6-8,13H2,1-2H3,(H,14,15). The van der Waals surface area contributed by atoms with Crippen molar-refractivity contribution < 1.29 is 0 Å². The quantitative estimate of drug-likeness (QED) is 0.600. The summed E-state index contributed by atoms with van der Waals surface area (Å²) in [6.07, 6.45) is 1.29. The van der Waals surface area contributed by atoms with Crippen molar-refractivity contribution in [3.63, 3.8) is 0 Å². The van der Waals surface area contributed by atoms with Crippen LogP contribution in [0.2, 0.25) is 0 Å². The molecule has 0 saturated carbocycles. The summed E-state index contributed by atoms with van der Waals surface area (Å²) in [5.74, 6) is 6.88. The maximum absolute atomic E-state index is 5.35. The predicted molar refractivity (Wildman–Crippen MR) is 65.7 cm³/mol. The number of rotatable bonds is 3. The van der Waals surface area contributed by atoms with E-state index in [4.69, 9.17) is 5.84 Å². The zero-order valence-electron chi connectivity index (χ0n) is 9.98. The fourth-order valence-corrected chi connectivity index (χ4v) is 2.46. The summed E-state index contributed by atoms with van der Waals surface area (Å²) in [6, 6.07) is 6.57. The van der Waals surface area contributed by atoms with Crippen LogP contribution in [0.1, 0.15) is 26.0 Å². The molecular weight excluding hydrogens is 200 g/mol. The number of likely N-dealkylation sites (tertiary alicyclic amines) is 1. The molecule has 4 nitrogen and oxygen atoms in total. The summed E-state index contributed by atoms with van der Waals surface area (Å²) in [5, 5.41) is 0. The number of nitrogens with one attached hydrogen (secondary N) is 1. The average molecular weight is 220 g/mol. The third-order valence-corrected chi connectivity index (χ3v) is 3.23. The van der Waals surface area contributed by atoms with Crippen LogP contribution >= 0.6 is 0 Å². The number of hydrazine groups is 1. The van der Waals surface area contributed by atoms with Gasteiger partial charge >= 0.3 is 0 Å². The zero-order valence-corrected chi connectivity index (χ0v) is 9.98. The molecule has 2 atom stereocenters. The first-order chi connectivity index (χ1) is 7.69. The van der Waals surface area contributed by atoms with Gasteiger partial charge in [-0.05, 0) is 31.4 Å². The fraction of sp³-hybridized carbons (Fsp3) is 0.583. The summed E-state index contributed by atoms with van der Waals surface area (Å²) < 4.78 is 0. The average Bonchev–Trinajstić information content (AvgIpc) is 2.58. The van der Waals surface area contributed by atoms with Gasteiger partial charge in [0.2, 0.25) is 0 Å². The third-order valence-electron chi connectivity index (χ3n) is 3.23. The molecule has 0 bridgehead atoms. The molecule has 1 aliphatic rings. The van der Waals surface area contributed by atoms with Gasteiger partial charge in [0.1, 0.15) is 5.82 Å². The van der Waals surface area contributed by atoms with Crippen molar-refractivity contribution in [2.75, 3.05) is 12.0 Å². The van der Waals surface area contributed by atoms with Crippen LogP contribution in [-0.2, 0) is 6.54 Å². The third kappa shape index (κ3) is 2.51. The van der Waals surface area contributed by atoms with Crippen LogP contribution in [0.15, 0.2) is 18.2 Å². The monoisotopic (exact) mass is 220 g/mol. The van der Waals surface area contributed by atoms with Crippen molar-refractivity contribution in [3.05, 3.63) is 23.9 Å².